The molecule has 4 rings (SSSR count). The van der Waals surface area contributed by atoms with Crippen LogP contribution in [0.2, 0.25) is 0 Å². The lowest BCUT2D eigenvalue weighted by atomic mass is 10.1. The van der Waals surface area contributed by atoms with Crippen molar-refractivity contribution in [3.63, 3.8) is 0 Å². The van der Waals surface area contributed by atoms with Crippen LogP contribution in [-0.2, 0) is 29.1 Å². The summed E-state index contributed by atoms with van der Waals surface area (Å²) in [6, 6.07) is 14.0. The van der Waals surface area contributed by atoms with Crippen molar-refractivity contribution in [2.75, 3.05) is 0 Å². The Hall–Kier alpha value is -2.84. The highest BCUT2D eigenvalue weighted by Gasteiger charge is 2.18. The summed E-state index contributed by atoms with van der Waals surface area (Å²) < 4.78 is 26.8. The van der Waals surface area contributed by atoms with E-state index in [1.807, 2.05) is 31.3 Å². The number of benzene rings is 2. The number of aryl methyl sites for hydroxylation is 1. The number of carbonyl (C=O) groups is 1. The van der Waals surface area contributed by atoms with Gasteiger partial charge in [0.2, 0.25) is 5.78 Å². The fourth-order valence-corrected chi connectivity index (χ4v) is 5.30. The van der Waals surface area contributed by atoms with E-state index in [1.54, 1.807) is 40.4 Å². The van der Waals surface area contributed by atoms with E-state index in [4.69, 9.17) is 0 Å². The van der Waals surface area contributed by atoms with Crippen LogP contribution in [0.5, 0.6) is 0 Å². The molecule has 0 bridgehead atoms. The maximum absolute atomic E-state index is 12.7. The smallest absolute Gasteiger partial charge is 0.202 e. The minimum absolute atomic E-state index is 0.114. The summed E-state index contributed by atoms with van der Waals surface area (Å²) in [4.78, 5) is 21.4. The third-order valence-corrected chi connectivity index (χ3v) is 7.09. The van der Waals surface area contributed by atoms with Crippen molar-refractivity contribution in [2.45, 2.75) is 17.1 Å². The predicted molar refractivity (Wildman–Crippen MR) is 108 cm³/mol. The molecule has 2 heterocycles. The van der Waals surface area contributed by atoms with Crippen LogP contribution in [0.25, 0.3) is 11.0 Å². The fraction of sp³-hybridized carbons (Fsp3) is 0.150. The van der Waals surface area contributed by atoms with Crippen molar-refractivity contribution in [2.24, 2.45) is 7.05 Å². The van der Waals surface area contributed by atoms with Crippen LogP contribution < -0.4 is 0 Å². The van der Waals surface area contributed by atoms with Crippen LogP contribution in [-0.4, -0.2) is 28.7 Å². The van der Waals surface area contributed by atoms with Crippen molar-refractivity contribution >= 4 is 38.0 Å². The summed E-state index contributed by atoms with van der Waals surface area (Å²) in [5.41, 5.74) is 2.41. The monoisotopic (exact) mass is 411 g/mol. The van der Waals surface area contributed by atoms with Gasteiger partial charge in [-0.3, -0.25) is 4.79 Å². The molecule has 28 heavy (non-hydrogen) atoms. The van der Waals surface area contributed by atoms with Crippen molar-refractivity contribution in [1.82, 2.24) is 14.5 Å². The number of fused-ring (bicyclic) bond motifs is 1. The van der Waals surface area contributed by atoms with Crippen molar-refractivity contribution in [1.29, 1.82) is 0 Å². The number of carbonyl (C=O) groups excluding carboxylic acids is 1. The molecule has 2 aromatic heterocycles. The molecule has 0 atom stereocenters. The molecular formula is C20H17N3O3S2. The minimum atomic E-state index is -3.46. The van der Waals surface area contributed by atoms with Crippen molar-refractivity contribution < 1.29 is 13.2 Å². The molecule has 6 nitrogen and oxygen atoms in total. The van der Waals surface area contributed by atoms with Crippen LogP contribution in [0.4, 0.5) is 0 Å². The molecule has 0 spiro atoms. The van der Waals surface area contributed by atoms with E-state index in [0.29, 0.717) is 10.8 Å². The zero-order valence-electron chi connectivity index (χ0n) is 15.1. The largest absolute Gasteiger partial charge is 0.325 e. The number of imidazole rings is 1. The van der Waals surface area contributed by atoms with Gasteiger partial charge in [-0.2, -0.15) is 0 Å². The summed E-state index contributed by atoms with van der Waals surface area (Å²) in [5.74, 6) is 0.154. The van der Waals surface area contributed by atoms with Gasteiger partial charge in [-0.1, -0.05) is 24.3 Å². The molecule has 0 fully saturated rings. The summed E-state index contributed by atoms with van der Waals surface area (Å²) in [6.07, 6.45) is 1.75. The van der Waals surface area contributed by atoms with Crippen LogP contribution in [0.1, 0.15) is 21.2 Å². The van der Waals surface area contributed by atoms with Crippen molar-refractivity contribution in [3.05, 3.63) is 76.5 Å². The van der Waals surface area contributed by atoms with Gasteiger partial charge in [-0.15, -0.1) is 11.3 Å². The highest BCUT2D eigenvalue weighted by molar-refractivity contribution is 7.90. The van der Waals surface area contributed by atoms with Crippen LogP contribution in [0.3, 0.4) is 0 Å². The highest BCUT2D eigenvalue weighted by atomic mass is 32.2. The average Bonchev–Trinajstić information content (AvgIpc) is 3.30. The fourth-order valence-electron chi connectivity index (χ4n) is 3.04. The molecule has 0 aliphatic carbocycles. The van der Waals surface area contributed by atoms with E-state index in [1.165, 1.54) is 11.3 Å². The number of ketones is 1. The maximum atomic E-state index is 12.7. The Morgan fingerprint density at radius 1 is 1.11 bits per heavy atom. The lowest BCUT2D eigenvalue weighted by Gasteiger charge is -2.05. The Balaban J connectivity index is 1.52. The number of thiazole rings is 1. The Morgan fingerprint density at radius 3 is 2.54 bits per heavy atom. The molecule has 0 radical (unpaired) electrons. The maximum Gasteiger partial charge on any atom is 0.202 e. The molecule has 0 N–H and O–H groups in total. The van der Waals surface area contributed by atoms with E-state index < -0.39 is 9.84 Å². The normalized spacial score (nSPS) is 11.8. The molecule has 4 aromatic rings. The van der Waals surface area contributed by atoms with Crippen LogP contribution in [0.15, 0.2) is 65.0 Å². The first-order valence-electron chi connectivity index (χ1n) is 8.59. The Bertz CT molecular complexity index is 1240. The van der Waals surface area contributed by atoms with E-state index in [0.717, 1.165) is 16.6 Å². The van der Waals surface area contributed by atoms with E-state index in [-0.39, 0.29) is 22.9 Å². The predicted octanol–water partition coefficient (Wildman–Crippen LogP) is 3.43. The Labute approximate surface area is 166 Å². The van der Waals surface area contributed by atoms with Crippen molar-refractivity contribution in [3.8, 4) is 0 Å². The average molecular weight is 412 g/mol. The van der Waals surface area contributed by atoms with E-state index in [2.05, 4.69) is 9.97 Å². The van der Waals surface area contributed by atoms with E-state index in [9.17, 15) is 13.2 Å². The molecular weight excluding hydrogens is 394 g/mol. The molecule has 0 aliphatic rings. The van der Waals surface area contributed by atoms with Gasteiger partial charge in [0.05, 0.1) is 15.9 Å². The number of hydrogen-bond acceptors (Lipinski definition) is 6. The van der Waals surface area contributed by atoms with Crippen LogP contribution in [0, 0.1) is 0 Å². The first-order chi connectivity index (χ1) is 13.4. The van der Waals surface area contributed by atoms with Gasteiger partial charge >= 0.3 is 0 Å². The lowest BCUT2D eigenvalue weighted by molar-refractivity contribution is 0.0980. The molecule has 8 heteroatoms. The van der Waals surface area contributed by atoms with Gasteiger partial charge < -0.3 is 4.57 Å². The first kappa shape index (κ1) is 18.5. The molecule has 0 aliphatic heterocycles. The quantitative estimate of drug-likeness (QED) is 0.454. The number of hydrogen-bond donors (Lipinski definition) is 0. The number of rotatable bonds is 6. The molecule has 0 saturated carbocycles. The minimum Gasteiger partial charge on any atom is -0.325 e. The van der Waals surface area contributed by atoms with Gasteiger partial charge in [0.25, 0.3) is 0 Å². The van der Waals surface area contributed by atoms with Gasteiger partial charge in [-0.25, -0.2) is 18.4 Å². The van der Waals surface area contributed by atoms with Gasteiger partial charge in [0.15, 0.2) is 15.7 Å². The Kier molecular flexibility index (Phi) is 4.82. The zero-order valence-corrected chi connectivity index (χ0v) is 16.7. The summed E-state index contributed by atoms with van der Waals surface area (Å²) in [6.45, 7) is 0. The standard InChI is InChI=1S/C20H17N3O3S2/c1-23-17-5-3-2-4-16(17)22-20(23)18(24)12-14-6-8-15(9-7-14)28(25,26)13-19-21-10-11-27-19/h2-11H,12-13H2,1H3. The second kappa shape index (κ2) is 7.29. The van der Waals surface area contributed by atoms with Gasteiger partial charge in [0, 0.05) is 25.0 Å². The number of para-hydroxylation sites is 2. The summed E-state index contributed by atoms with van der Waals surface area (Å²) >= 11 is 1.31. The van der Waals surface area contributed by atoms with Gasteiger partial charge in [0.1, 0.15) is 10.8 Å². The van der Waals surface area contributed by atoms with Crippen LogP contribution >= 0.6 is 11.3 Å². The highest BCUT2D eigenvalue weighted by Crippen LogP contribution is 2.20. The number of Topliss-reactive ketones (excluding diaryl/α,β-unsaturated/α-hetero) is 1. The molecule has 0 unspecified atom stereocenters. The molecule has 142 valence electrons. The second-order valence-electron chi connectivity index (χ2n) is 6.41. The lowest BCUT2D eigenvalue weighted by Crippen LogP contribution is -2.11. The Morgan fingerprint density at radius 2 is 1.86 bits per heavy atom. The number of sulfone groups is 1. The summed E-state index contributed by atoms with van der Waals surface area (Å²) in [5, 5.41) is 2.31. The molecule has 2 aromatic carbocycles. The molecule has 0 amide bonds. The zero-order chi connectivity index (χ0) is 19.7. The summed E-state index contributed by atoms with van der Waals surface area (Å²) in [7, 11) is -1.64. The number of nitrogens with zero attached hydrogens (tertiary/aromatic N) is 3. The molecule has 0 saturated heterocycles. The van der Waals surface area contributed by atoms with E-state index >= 15 is 0 Å². The number of aromatic nitrogens is 3. The third kappa shape index (κ3) is 3.61. The first-order valence-corrected chi connectivity index (χ1v) is 11.1. The van der Waals surface area contributed by atoms with Gasteiger partial charge in [-0.05, 0) is 29.8 Å². The SMILES string of the molecule is Cn1c(C(=O)Cc2ccc(S(=O)(=O)Cc3nccs3)cc2)nc2ccccc21. The second-order valence-corrected chi connectivity index (χ2v) is 9.38. The third-order valence-electron chi connectivity index (χ3n) is 4.48. The topological polar surface area (TPSA) is 81.9 Å².